The van der Waals surface area contributed by atoms with E-state index >= 15 is 0 Å². The monoisotopic (exact) mass is 475 g/mol. The minimum Gasteiger partial charge on any atom is -0.351 e. The summed E-state index contributed by atoms with van der Waals surface area (Å²) in [6.45, 7) is 0. The van der Waals surface area contributed by atoms with Gasteiger partial charge in [-0.25, -0.2) is 0 Å². The summed E-state index contributed by atoms with van der Waals surface area (Å²) in [5.74, 6) is 0. The number of thiocarbonyl (C=S) groups is 1. The molecule has 1 aliphatic rings. The van der Waals surface area contributed by atoms with E-state index < -0.39 is 0 Å². The third-order valence-corrected chi connectivity index (χ3v) is 6.07. The smallest absolute Gasteiger partial charge is 0.174 e. The molecule has 0 unspecified atom stereocenters. The number of benzene rings is 1. The van der Waals surface area contributed by atoms with Crippen LogP contribution in [0.25, 0.3) is 5.69 Å². The van der Waals surface area contributed by atoms with Crippen LogP contribution in [0.4, 0.5) is 5.69 Å². The van der Waals surface area contributed by atoms with Gasteiger partial charge >= 0.3 is 0 Å². The fourth-order valence-electron chi connectivity index (χ4n) is 3.91. The molecule has 1 fully saturated rings. The maximum absolute atomic E-state index is 5.80. The summed E-state index contributed by atoms with van der Waals surface area (Å²) < 4.78 is 3.21. The van der Waals surface area contributed by atoms with E-state index in [2.05, 4.69) is 71.1 Å². The van der Waals surface area contributed by atoms with Gasteiger partial charge in [-0.1, -0.05) is 22.0 Å². The van der Waals surface area contributed by atoms with E-state index in [1.54, 1.807) is 12.4 Å². The number of nitrogens with zero attached hydrogens (tertiary/aromatic N) is 4. The van der Waals surface area contributed by atoms with E-state index in [0.29, 0.717) is 5.11 Å². The van der Waals surface area contributed by atoms with Crippen LogP contribution in [0.3, 0.4) is 0 Å². The molecule has 1 aliphatic heterocycles. The molecule has 1 aromatic carbocycles. The van der Waals surface area contributed by atoms with Gasteiger partial charge in [-0.2, -0.15) is 0 Å². The van der Waals surface area contributed by atoms with Crippen molar-refractivity contribution in [1.29, 1.82) is 0 Å². The summed E-state index contributed by atoms with van der Waals surface area (Å²) >= 11 is 9.33. The molecule has 0 spiro atoms. The van der Waals surface area contributed by atoms with Crippen LogP contribution in [0.1, 0.15) is 23.5 Å². The van der Waals surface area contributed by atoms with Crippen molar-refractivity contribution in [2.75, 3.05) is 4.90 Å². The van der Waals surface area contributed by atoms with E-state index in [1.807, 2.05) is 48.7 Å². The molecule has 0 saturated carbocycles. The fraction of sp³-hybridized carbons (Fsp3) is 0.0870. The van der Waals surface area contributed by atoms with Gasteiger partial charge in [-0.3, -0.25) is 9.97 Å². The highest BCUT2D eigenvalue weighted by Crippen LogP contribution is 2.42. The van der Waals surface area contributed by atoms with Crippen molar-refractivity contribution in [3.8, 4) is 5.69 Å². The van der Waals surface area contributed by atoms with Crippen LogP contribution in [0.2, 0.25) is 0 Å². The summed E-state index contributed by atoms with van der Waals surface area (Å²) in [5, 5.41) is 4.19. The van der Waals surface area contributed by atoms with Gasteiger partial charge in [-0.05, 0) is 72.9 Å². The van der Waals surface area contributed by atoms with E-state index in [-0.39, 0.29) is 12.1 Å². The molecule has 7 heteroatoms. The van der Waals surface area contributed by atoms with E-state index in [4.69, 9.17) is 12.2 Å². The summed E-state index contributed by atoms with van der Waals surface area (Å²) in [6.07, 6.45) is 7.50. The van der Waals surface area contributed by atoms with Gasteiger partial charge in [0.05, 0.1) is 11.7 Å². The van der Waals surface area contributed by atoms with Crippen molar-refractivity contribution in [1.82, 2.24) is 19.9 Å². The number of halogens is 1. The zero-order valence-electron chi connectivity index (χ0n) is 15.9. The second-order valence-corrected chi connectivity index (χ2v) is 8.28. The molecule has 0 bridgehead atoms. The number of rotatable bonds is 4. The maximum atomic E-state index is 5.80. The largest absolute Gasteiger partial charge is 0.351 e. The Morgan fingerprint density at radius 2 is 1.67 bits per heavy atom. The average Bonchev–Trinajstić information content (AvgIpc) is 3.40. The van der Waals surface area contributed by atoms with Gasteiger partial charge in [0.1, 0.15) is 6.04 Å². The summed E-state index contributed by atoms with van der Waals surface area (Å²) in [7, 11) is 0. The van der Waals surface area contributed by atoms with Gasteiger partial charge in [-0.15, -0.1) is 0 Å². The Bertz CT molecular complexity index is 1160. The number of nitrogens with one attached hydrogen (secondary N) is 1. The lowest BCUT2D eigenvalue weighted by molar-refractivity contribution is 0.549. The van der Waals surface area contributed by atoms with Crippen LogP contribution in [0.5, 0.6) is 0 Å². The molecule has 148 valence electrons. The Morgan fingerprint density at radius 3 is 2.40 bits per heavy atom. The number of anilines is 1. The molecule has 4 aromatic rings. The third-order valence-electron chi connectivity index (χ3n) is 5.23. The van der Waals surface area contributed by atoms with Crippen LogP contribution in [0, 0.1) is 0 Å². The van der Waals surface area contributed by atoms with Crippen molar-refractivity contribution in [3.05, 3.63) is 107 Å². The Balaban J connectivity index is 1.67. The molecule has 3 aromatic heterocycles. The molecule has 1 N–H and O–H groups in total. The third kappa shape index (κ3) is 3.40. The molecule has 5 rings (SSSR count). The van der Waals surface area contributed by atoms with Gasteiger partial charge in [0, 0.05) is 46.3 Å². The Hall–Kier alpha value is -3.03. The van der Waals surface area contributed by atoms with Gasteiger partial charge in [0.25, 0.3) is 0 Å². The first kappa shape index (κ1) is 19.0. The highest BCUT2D eigenvalue weighted by molar-refractivity contribution is 9.10. The molecule has 2 atom stereocenters. The molecule has 0 amide bonds. The number of hydrogen-bond acceptors (Lipinski definition) is 3. The SMILES string of the molecule is S=C1N[C@H](c2ccccn2)[C@@H](c2cccn2-c2ccncc2)N1c1ccc(Br)cc1. The maximum Gasteiger partial charge on any atom is 0.174 e. The van der Waals surface area contributed by atoms with Crippen LogP contribution in [0.15, 0.2) is 96.0 Å². The number of hydrogen-bond donors (Lipinski definition) is 1. The second kappa shape index (κ2) is 8.01. The van der Waals surface area contributed by atoms with Gasteiger partial charge in [0.2, 0.25) is 0 Å². The normalized spacial score (nSPS) is 18.4. The summed E-state index contributed by atoms with van der Waals surface area (Å²) in [4.78, 5) is 11.0. The van der Waals surface area contributed by atoms with Crippen molar-refractivity contribution in [2.24, 2.45) is 0 Å². The first-order valence-electron chi connectivity index (χ1n) is 9.56. The highest BCUT2D eigenvalue weighted by Gasteiger charge is 2.42. The minimum absolute atomic E-state index is 0.0725. The van der Waals surface area contributed by atoms with Crippen LogP contribution in [-0.2, 0) is 0 Å². The van der Waals surface area contributed by atoms with Crippen LogP contribution in [-0.4, -0.2) is 19.6 Å². The van der Waals surface area contributed by atoms with Crippen molar-refractivity contribution >= 4 is 38.9 Å². The standard InChI is InChI=1S/C23H18BrN5S/c24-16-6-8-18(9-7-16)29-22(21(27-23(29)30)19-4-1-2-12-26-19)20-5-3-15-28(20)17-10-13-25-14-11-17/h1-15,21-22H,(H,27,30)/t21-,22-/m1/s1. The lowest BCUT2D eigenvalue weighted by Crippen LogP contribution is -2.30. The van der Waals surface area contributed by atoms with E-state index in [1.165, 1.54) is 0 Å². The van der Waals surface area contributed by atoms with Crippen LogP contribution < -0.4 is 10.2 Å². The zero-order valence-corrected chi connectivity index (χ0v) is 18.3. The van der Waals surface area contributed by atoms with Crippen molar-refractivity contribution < 1.29 is 0 Å². The van der Waals surface area contributed by atoms with E-state index in [9.17, 15) is 0 Å². The molecule has 0 radical (unpaired) electrons. The highest BCUT2D eigenvalue weighted by atomic mass is 79.9. The van der Waals surface area contributed by atoms with Gasteiger partial charge < -0.3 is 14.8 Å². The Morgan fingerprint density at radius 1 is 0.867 bits per heavy atom. The molecule has 1 saturated heterocycles. The molecule has 30 heavy (non-hydrogen) atoms. The predicted molar refractivity (Wildman–Crippen MR) is 126 cm³/mol. The first-order valence-corrected chi connectivity index (χ1v) is 10.8. The van der Waals surface area contributed by atoms with Gasteiger partial charge in [0.15, 0.2) is 5.11 Å². The number of pyridine rings is 2. The molecule has 4 heterocycles. The molecular formula is C23H18BrN5S. The first-order chi connectivity index (χ1) is 14.7. The second-order valence-electron chi connectivity index (χ2n) is 6.98. The molecular weight excluding hydrogens is 458 g/mol. The lowest BCUT2D eigenvalue weighted by atomic mass is 10.0. The fourth-order valence-corrected chi connectivity index (χ4v) is 4.52. The summed E-state index contributed by atoms with van der Waals surface area (Å²) in [6, 6.07) is 22.2. The summed E-state index contributed by atoms with van der Waals surface area (Å²) in [5.41, 5.74) is 4.15. The van der Waals surface area contributed by atoms with Crippen molar-refractivity contribution in [2.45, 2.75) is 12.1 Å². The topological polar surface area (TPSA) is 46.0 Å². The quantitative estimate of drug-likeness (QED) is 0.410. The Kier molecular flexibility index (Phi) is 5.06. The van der Waals surface area contributed by atoms with Crippen molar-refractivity contribution in [3.63, 3.8) is 0 Å². The molecule has 0 aliphatic carbocycles. The lowest BCUT2D eigenvalue weighted by Gasteiger charge is -2.29. The minimum atomic E-state index is -0.0853. The predicted octanol–water partition coefficient (Wildman–Crippen LogP) is 5.21. The number of aromatic nitrogens is 3. The average molecular weight is 476 g/mol. The van der Waals surface area contributed by atoms with Crippen LogP contribution >= 0.6 is 28.1 Å². The Labute approximate surface area is 188 Å². The zero-order chi connectivity index (χ0) is 20.5. The molecule has 5 nitrogen and oxygen atoms in total. The van der Waals surface area contributed by atoms with E-state index in [0.717, 1.165) is 27.2 Å².